The Balaban J connectivity index is 1.73. The largest absolute Gasteiger partial charge is 0.480 e. The lowest BCUT2D eigenvalue weighted by Crippen LogP contribution is -2.54. The van der Waals surface area contributed by atoms with Gasteiger partial charge in [-0.05, 0) is 36.5 Å². The highest BCUT2D eigenvalue weighted by Crippen LogP contribution is 2.24. The van der Waals surface area contributed by atoms with Gasteiger partial charge < -0.3 is 20.3 Å². The number of carboxylic acid groups (broad SMARTS) is 1. The number of carbonyl (C=O) groups is 3. The van der Waals surface area contributed by atoms with Crippen LogP contribution in [0, 0.1) is 5.92 Å². The Bertz CT molecular complexity index is 1430. The predicted octanol–water partition coefficient (Wildman–Crippen LogP) is 1.69. The van der Waals surface area contributed by atoms with Gasteiger partial charge in [-0.3, -0.25) is 14.4 Å². The molecule has 0 bridgehead atoms. The highest BCUT2D eigenvalue weighted by molar-refractivity contribution is 5.92. The number of hydrogen-bond donors (Lipinski definition) is 3. The fourth-order valence-corrected chi connectivity index (χ4v) is 4.84. The van der Waals surface area contributed by atoms with E-state index in [0.717, 1.165) is 10.1 Å². The summed E-state index contributed by atoms with van der Waals surface area (Å²) in [4.78, 5) is 69.3. The van der Waals surface area contributed by atoms with Crippen LogP contribution in [0.2, 0.25) is 0 Å². The standard InChI is InChI=1S/C27H30N4O6/c1-16(2)22(26(35)36)29-23(32)20-13-8-14-30(20)25(34)21(15-17-9-4-3-5-10-17)31-24(33)18-11-6-7-12-19(18)28-27(31)37/h3-7,9-12,16,20-22H,8,13-15H2,1-2H3,(H,28,37)(H,29,32)(H,35,36)/t20-,21-,22+/m0/s1. The summed E-state index contributed by atoms with van der Waals surface area (Å²) < 4.78 is 0.930. The summed E-state index contributed by atoms with van der Waals surface area (Å²) in [7, 11) is 0. The first kappa shape index (κ1) is 25.9. The van der Waals surface area contributed by atoms with Crippen LogP contribution in [0.3, 0.4) is 0 Å². The molecule has 3 aromatic rings. The van der Waals surface area contributed by atoms with Crippen molar-refractivity contribution in [3.05, 3.63) is 81.0 Å². The Morgan fingerprint density at radius 1 is 1.05 bits per heavy atom. The molecule has 1 aliphatic rings. The van der Waals surface area contributed by atoms with Gasteiger partial charge in [-0.1, -0.05) is 56.3 Å². The number of likely N-dealkylation sites (tertiary alicyclic amines) is 1. The molecule has 2 aromatic carbocycles. The normalized spacial score (nSPS) is 17.1. The van der Waals surface area contributed by atoms with Crippen molar-refractivity contribution in [3.63, 3.8) is 0 Å². The number of aromatic nitrogens is 2. The fourth-order valence-electron chi connectivity index (χ4n) is 4.84. The Kier molecular flexibility index (Phi) is 7.56. The van der Waals surface area contributed by atoms with E-state index in [1.165, 1.54) is 4.90 Å². The minimum absolute atomic E-state index is 0.0651. The third-order valence-electron chi connectivity index (χ3n) is 6.77. The number of aromatic amines is 1. The summed E-state index contributed by atoms with van der Waals surface area (Å²) in [6, 6.07) is 12.4. The van der Waals surface area contributed by atoms with Crippen molar-refractivity contribution in [2.24, 2.45) is 5.92 Å². The van der Waals surface area contributed by atoms with Crippen LogP contribution in [0.4, 0.5) is 0 Å². The molecule has 0 unspecified atom stereocenters. The molecule has 1 aliphatic heterocycles. The van der Waals surface area contributed by atoms with Crippen LogP contribution in [0.5, 0.6) is 0 Å². The van der Waals surface area contributed by atoms with Crippen LogP contribution < -0.4 is 16.6 Å². The van der Waals surface area contributed by atoms with Gasteiger partial charge in [-0.2, -0.15) is 0 Å². The van der Waals surface area contributed by atoms with Crippen molar-refractivity contribution in [2.45, 2.75) is 51.2 Å². The molecule has 2 amide bonds. The zero-order chi connectivity index (χ0) is 26.7. The average Bonchev–Trinajstić information content (AvgIpc) is 3.36. The molecular weight excluding hydrogens is 476 g/mol. The van der Waals surface area contributed by atoms with E-state index in [0.29, 0.717) is 18.4 Å². The molecule has 10 heteroatoms. The number of fused-ring (bicyclic) bond motifs is 1. The lowest BCUT2D eigenvalue weighted by molar-refractivity contribution is -0.145. The molecule has 0 saturated carbocycles. The molecule has 0 spiro atoms. The molecule has 194 valence electrons. The van der Waals surface area contributed by atoms with E-state index < -0.39 is 47.2 Å². The maximum atomic E-state index is 14.0. The first-order valence-electron chi connectivity index (χ1n) is 12.3. The summed E-state index contributed by atoms with van der Waals surface area (Å²) in [6.45, 7) is 3.62. The predicted molar refractivity (Wildman–Crippen MR) is 137 cm³/mol. The molecular formula is C27H30N4O6. The topological polar surface area (TPSA) is 142 Å². The van der Waals surface area contributed by atoms with Crippen LogP contribution in [0.15, 0.2) is 64.2 Å². The molecule has 37 heavy (non-hydrogen) atoms. The van der Waals surface area contributed by atoms with Gasteiger partial charge in [0.05, 0.1) is 10.9 Å². The molecule has 4 rings (SSSR count). The molecule has 0 radical (unpaired) electrons. The van der Waals surface area contributed by atoms with Gasteiger partial charge >= 0.3 is 11.7 Å². The molecule has 3 atom stereocenters. The molecule has 3 N–H and O–H groups in total. The SMILES string of the molecule is CC(C)[C@@H](NC(=O)[C@@H]1CCCN1C(=O)[C@H](Cc1ccccc1)n1c(=O)[nH]c2ccccc2c1=O)C(=O)O. The highest BCUT2D eigenvalue weighted by Gasteiger charge is 2.40. The summed E-state index contributed by atoms with van der Waals surface area (Å²) in [5.41, 5.74) is -0.207. The maximum absolute atomic E-state index is 14.0. The summed E-state index contributed by atoms with van der Waals surface area (Å²) >= 11 is 0. The summed E-state index contributed by atoms with van der Waals surface area (Å²) in [6.07, 6.45) is 0.947. The smallest absolute Gasteiger partial charge is 0.329 e. The Hall–Kier alpha value is -4.21. The highest BCUT2D eigenvalue weighted by atomic mass is 16.4. The molecule has 0 aliphatic carbocycles. The first-order valence-corrected chi connectivity index (χ1v) is 12.3. The first-order chi connectivity index (χ1) is 17.7. The van der Waals surface area contributed by atoms with E-state index in [1.54, 1.807) is 62.4 Å². The van der Waals surface area contributed by atoms with Gasteiger partial charge in [-0.25, -0.2) is 14.2 Å². The van der Waals surface area contributed by atoms with Crippen molar-refractivity contribution in [1.82, 2.24) is 19.8 Å². The van der Waals surface area contributed by atoms with E-state index in [2.05, 4.69) is 10.3 Å². The van der Waals surface area contributed by atoms with E-state index in [1.807, 2.05) is 6.07 Å². The number of nitrogens with one attached hydrogen (secondary N) is 2. The van der Waals surface area contributed by atoms with E-state index in [-0.39, 0.29) is 24.3 Å². The molecule has 1 aromatic heterocycles. The number of nitrogens with zero attached hydrogens (tertiary/aromatic N) is 2. The summed E-state index contributed by atoms with van der Waals surface area (Å²) in [5, 5.41) is 12.3. The minimum atomic E-state index is -1.20. The van der Waals surface area contributed by atoms with Gasteiger partial charge in [0.15, 0.2) is 0 Å². The van der Waals surface area contributed by atoms with Crippen molar-refractivity contribution in [3.8, 4) is 0 Å². The van der Waals surface area contributed by atoms with Crippen molar-refractivity contribution in [2.75, 3.05) is 6.54 Å². The van der Waals surface area contributed by atoms with Gasteiger partial charge in [-0.15, -0.1) is 0 Å². The van der Waals surface area contributed by atoms with Crippen molar-refractivity contribution in [1.29, 1.82) is 0 Å². The zero-order valence-corrected chi connectivity index (χ0v) is 20.7. The number of amides is 2. The van der Waals surface area contributed by atoms with Crippen molar-refractivity contribution >= 4 is 28.7 Å². The number of carboxylic acids is 1. The Morgan fingerprint density at radius 2 is 1.73 bits per heavy atom. The van der Waals surface area contributed by atoms with Crippen LogP contribution in [0.1, 0.15) is 38.3 Å². The van der Waals surface area contributed by atoms with Gasteiger partial charge in [0, 0.05) is 13.0 Å². The fraction of sp³-hybridized carbons (Fsp3) is 0.370. The molecule has 1 fully saturated rings. The van der Waals surface area contributed by atoms with E-state index in [9.17, 15) is 29.1 Å². The Labute approximate surface area is 212 Å². The van der Waals surface area contributed by atoms with Gasteiger partial charge in [0.25, 0.3) is 5.56 Å². The third-order valence-corrected chi connectivity index (χ3v) is 6.77. The lowest BCUT2D eigenvalue weighted by atomic mass is 10.0. The number of hydrogen-bond acceptors (Lipinski definition) is 5. The number of rotatable bonds is 8. The summed E-state index contributed by atoms with van der Waals surface area (Å²) in [5.74, 6) is -2.62. The van der Waals surface area contributed by atoms with Crippen molar-refractivity contribution < 1.29 is 19.5 Å². The number of para-hydroxylation sites is 1. The monoisotopic (exact) mass is 506 g/mol. The molecule has 2 heterocycles. The third kappa shape index (κ3) is 5.32. The van der Waals surface area contributed by atoms with Gasteiger partial charge in [0.1, 0.15) is 18.1 Å². The van der Waals surface area contributed by atoms with Gasteiger partial charge in [0.2, 0.25) is 11.8 Å². The Morgan fingerprint density at radius 3 is 2.41 bits per heavy atom. The number of aliphatic carboxylic acids is 1. The van der Waals surface area contributed by atoms with Crippen LogP contribution >= 0.6 is 0 Å². The molecule has 1 saturated heterocycles. The average molecular weight is 507 g/mol. The van der Waals surface area contributed by atoms with Crippen LogP contribution in [0.25, 0.3) is 10.9 Å². The second-order valence-electron chi connectivity index (χ2n) is 9.61. The number of H-pyrrole nitrogens is 1. The number of carbonyl (C=O) groups excluding carboxylic acids is 2. The second-order valence-corrected chi connectivity index (χ2v) is 9.61. The second kappa shape index (κ2) is 10.8. The quantitative estimate of drug-likeness (QED) is 0.425. The zero-order valence-electron chi connectivity index (χ0n) is 20.7. The van der Waals surface area contributed by atoms with Crippen LogP contribution in [-0.4, -0.2) is 56.0 Å². The molecule has 10 nitrogen and oxygen atoms in total. The lowest BCUT2D eigenvalue weighted by Gasteiger charge is -2.30. The maximum Gasteiger partial charge on any atom is 0.329 e. The van der Waals surface area contributed by atoms with E-state index in [4.69, 9.17) is 0 Å². The van der Waals surface area contributed by atoms with Crippen LogP contribution in [-0.2, 0) is 20.8 Å². The minimum Gasteiger partial charge on any atom is -0.480 e. The number of benzene rings is 2. The van der Waals surface area contributed by atoms with E-state index >= 15 is 0 Å².